The first-order valence-electron chi connectivity index (χ1n) is 11.0. The fourth-order valence-electron chi connectivity index (χ4n) is 3.98. The molecule has 0 radical (unpaired) electrons. The largest absolute Gasteiger partial charge is 0.486 e. The number of benzene rings is 2. The highest BCUT2D eigenvalue weighted by Gasteiger charge is 2.26. The van der Waals surface area contributed by atoms with Crippen LogP contribution in [0.5, 0.6) is 11.5 Å². The molecule has 2 aliphatic heterocycles. The highest BCUT2D eigenvalue weighted by molar-refractivity contribution is 6.32. The molecular formula is C25H27ClN2O4. The molecule has 0 spiro atoms. The van der Waals surface area contributed by atoms with Crippen molar-refractivity contribution >= 4 is 29.5 Å². The highest BCUT2D eigenvalue weighted by atomic mass is 35.5. The van der Waals surface area contributed by atoms with Gasteiger partial charge in [-0.15, -0.1) is 0 Å². The molecule has 0 aromatic heterocycles. The van der Waals surface area contributed by atoms with E-state index >= 15 is 0 Å². The van der Waals surface area contributed by atoms with Crippen molar-refractivity contribution in [1.29, 1.82) is 0 Å². The Labute approximate surface area is 193 Å². The molecular weight excluding hydrogens is 428 g/mol. The van der Waals surface area contributed by atoms with Crippen molar-refractivity contribution in [2.24, 2.45) is 5.92 Å². The fraction of sp³-hybridized carbons (Fsp3) is 0.360. The summed E-state index contributed by atoms with van der Waals surface area (Å²) >= 11 is 6.28. The maximum atomic E-state index is 12.6. The number of carbonyl (C=O) groups is 2. The van der Waals surface area contributed by atoms with E-state index in [4.69, 9.17) is 21.1 Å². The van der Waals surface area contributed by atoms with Crippen LogP contribution in [0.25, 0.3) is 6.08 Å². The Kier molecular flexibility index (Phi) is 7.32. The van der Waals surface area contributed by atoms with Crippen LogP contribution in [0.3, 0.4) is 0 Å². The van der Waals surface area contributed by atoms with E-state index in [2.05, 4.69) is 5.32 Å². The normalized spacial score (nSPS) is 16.2. The quantitative estimate of drug-likeness (QED) is 0.675. The molecule has 2 aliphatic rings. The zero-order valence-electron chi connectivity index (χ0n) is 17.9. The standard InChI is InChI=1S/C25H27ClN2O4/c26-21-16-19(17-22-24(21)32-15-14-31-22)8-11-27-25(30)20-9-12-28(13-10-20)23(29)7-6-18-4-2-1-3-5-18/h1-7,16-17,20H,8-15H2,(H,27,30)/b7-6+. The molecule has 1 N–H and O–H groups in total. The topological polar surface area (TPSA) is 67.9 Å². The Morgan fingerprint density at radius 2 is 1.84 bits per heavy atom. The van der Waals surface area contributed by atoms with Gasteiger partial charge < -0.3 is 19.7 Å². The van der Waals surface area contributed by atoms with Gasteiger partial charge in [0.1, 0.15) is 13.2 Å². The summed E-state index contributed by atoms with van der Waals surface area (Å²) in [5.41, 5.74) is 1.99. The van der Waals surface area contributed by atoms with Crippen molar-refractivity contribution in [2.45, 2.75) is 19.3 Å². The summed E-state index contributed by atoms with van der Waals surface area (Å²) in [6, 6.07) is 13.5. The van der Waals surface area contributed by atoms with Gasteiger partial charge in [-0.2, -0.15) is 0 Å². The summed E-state index contributed by atoms with van der Waals surface area (Å²) < 4.78 is 11.1. The van der Waals surface area contributed by atoms with Crippen LogP contribution in [0.2, 0.25) is 5.02 Å². The van der Waals surface area contributed by atoms with Crippen LogP contribution in [0.1, 0.15) is 24.0 Å². The van der Waals surface area contributed by atoms with Crippen molar-refractivity contribution in [2.75, 3.05) is 32.8 Å². The van der Waals surface area contributed by atoms with Gasteiger partial charge in [0.25, 0.3) is 0 Å². The molecule has 2 aromatic rings. The van der Waals surface area contributed by atoms with Crippen LogP contribution >= 0.6 is 11.6 Å². The SMILES string of the molecule is O=C(NCCc1cc(Cl)c2c(c1)OCCO2)C1CCN(C(=O)/C=C/c2ccccc2)CC1. The number of hydrogen-bond acceptors (Lipinski definition) is 4. The van der Waals surface area contributed by atoms with Gasteiger partial charge >= 0.3 is 0 Å². The molecule has 168 valence electrons. The van der Waals surface area contributed by atoms with E-state index in [1.807, 2.05) is 48.5 Å². The average molecular weight is 455 g/mol. The van der Waals surface area contributed by atoms with Crippen LogP contribution < -0.4 is 14.8 Å². The van der Waals surface area contributed by atoms with Gasteiger partial charge in [-0.25, -0.2) is 0 Å². The Morgan fingerprint density at radius 1 is 1.09 bits per heavy atom. The number of piperidine rings is 1. The molecule has 0 bridgehead atoms. The summed E-state index contributed by atoms with van der Waals surface area (Å²) in [5, 5.41) is 3.55. The lowest BCUT2D eigenvalue weighted by Crippen LogP contribution is -2.42. The third-order valence-corrected chi connectivity index (χ3v) is 6.05. The number of likely N-dealkylation sites (tertiary alicyclic amines) is 1. The van der Waals surface area contributed by atoms with Gasteiger partial charge in [0, 0.05) is 31.6 Å². The molecule has 6 nitrogen and oxygen atoms in total. The van der Waals surface area contributed by atoms with Crippen molar-refractivity contribution in [3.63, 3.8) is 0 Å². The molecule has 7 heteroatoms. The van der Waals surface area contributed by atoms with E-state index in [0.717, 1.165) is 11.1 Å². The van der Waals surface area contributed by atoms with E-state index in [1.165, 1.54) is 0 Å². The van der Waals surface area contributed by atoms with E-state index in [9.17, 15) is 9.59 Å². The minimum Gasteiger partial charge on any atom is -0.486 e. The predicted molar refractivity (Wildman–Crippen MR) is 124 cm³/mol. The number of nitrogens with one attached hydrogen (secondary N) is 1. The molecule has 2 amide bonds. The zero-order valence-corrected chi connectivity index (χ0v) is 18.6. The van der Waals surface area contributed by atoms with Crippen molar-refractivity contribution < 1.29 is 19.1 Å². The number of rotatable bonds is 6. The summed E-state index contributed by atoms with van der Waals surface area (Å²) in [6.07, 6.45) is 5.43. The van der Waals surface area contributed by atoms with E-state index in [1.54, 1.807) is 11.0 Å². The second-order valence-corrected chi connectivity index (χ2v) is 8.39. The number of nitrogens with zero attached hydrogens (tertiary/aromatic N) is 1. The number of ether oxygens (including phenoxy) is 2. The Hall–Kier alpha value is -2.99. The second-order valence-electron chi connectivity index (χ2n) is 7.99. The van der Waals surface area contributed by atoms with Crippen LogP contribution in [0, 0.1) is 5.92 Å². The van der Waals surface area contributed by atoms with E-state index in [-0.39, 0.29) is 17.7 Å². The molecule has 2 aromatic carbocycles. The number of fused-ring (bicyclic) bond motifs is 1. The number of carbonyl (C=O) groups excluding carboxylic acids is 2. The molecule has 32 heavy (non-hydrogen) atoms. The number of amides is 2. The minimum absolute atomic E-state index is 0.0109. The predicted octanol–water partition coefficient (Wildman–Crippen LogP) is 3.72. The lowest BCUT2D eigenvalue weighted by Gasteiger charge is -2.30. The second kappa shape index (κ2) is 10.6. The first-order valence-corrected chi connectivity index (χ1v) is 11.4. The molecule has 0 saturated carbocycles. The van der Waals surface area contributed by atoms with Crippen LogP contribution in [0.15, 0.2) is 48.5 Å². The zero-order chi connectivity index (χ0) is 22.3. The average Bonchev–Trinajstić information content (AvgIpc) is 2.83. The van der Waals surface area contributed by atoms with Gasteiger partial charge in [-0.1, -0.05) is 41.9 Å². The highest BCUT2D eigenvalue weighted by Crippen LogP contribution is 2.38. The lowest BCUT2D eigenvalue weighted by molar-refractivity contribution is -0.132. The Morgan fingerprint density at radius 3 is 2.62 bits per heavy atom. The third-order valence-electron chi connectivity index (χ3n) is 5.76. The Bertz CT molecular complexity index is 985. The smallest absolute Gasteiger partial charge is 0.246 e. The van der Waals surface area contributed by atoms with E-state index in [0.29, 0.717) is 68.6 Å². The van der Waals surface area contributed by atoms with Gasteiger partial charge in [0.05, 0.1) is 5.02 Å². The third kappa shape index (κ3) is 5.62. The summed E-state index contributed by atoms with van der Waals surface area (Å²) in [5.74, 6) is 1.21. The van der Waals surface area contributed by atoms with Crippen molar-refractivity contribution in [1.82, 2.24) is 10.2 Å². The van der Waals surface area contributed by atoms with Gasteiger partial charge in [0.2, 0.25) is 11.8 Å². The van der Waals surface area contributed by atoms with E-state index < -0.39 is 0 Å². The van der Waals surface area contributed by atoms with Crippen LogP contribution in [-0.4, -0.2) is 49.6 Å². The van der Waals surface area contributed by atoms with Crippen LogP contribution in [0.4, 0.5) is 0 Å². The summed E-state index contributed by atoms with van der Waals surface area (Å²) in [7, 11) is 0. The van der Waals surface area contributed by atoms with Crippen molar-refractivity contribution in [3.05, 3.63) is 64.7 Å². The van der Waals surface area contributed by atoms with Crippen molar-refractivity contribution in [3.8, 4) is 11.5 Å². The fourth-order valence-corrected chi connectivity index (χ4v) is 4.27. The molecule has 4 rings (SSSR count). The van der Waals surface area contributed by atoms with Gasteiger partial charge in [-0.3, -0.25) is 9.59 Å². The maximum Gasteiger partial charge on any atom is 0.246 e. The number of halogens is 1. The summed E-state index contributed by atoms with van der Waals surface area (Å²) in [6.45, 7) is 2.71. The number of hydrogen-bond donors (Lipinski definition) is 1. The molecule has 0 unspecified atom stereocenters. The molecule has 0 atom stereocenters. The molecule has 1 saturated heterocycles. The monoisotopic (exact) mass is 454 g/mol. The van der Waals surface area contributed by atoms with Gasteiger partial charge in [0.15, 0.2) is 11.5 Å². The maximum absolute atomic E-state index is 12.6. The molecule has 2 heterocycles. The lowest BCUT2D eigenvalue weighted by atomic mass is 9.95. The summed E-state index contributed by atoms with van der Waals surface area (Å²) in [4.78, 5) is 26.8. The first kappa shape index (κ1) is 22.2. The molecule has 0 aliphatic carbocycles. The Balaban J connectivity index is 1.21. The van der Waals surface area contributed by atoms with Gasteiger partial charge in [-0.05, 0) is 48.6 Å². The molecule has 1 fully saturated rings. The first-order chi connectivity index (χ1) is 15.6. The van der Waals surface area contributed by atoms with Crippen LogP contribution in [-0.2, 0) is 16.0 Å². The minimum atomic E-state index is -0.0685.